The van der Waals surface area contributed by atoms with Crippen LogP contribution in [0.25, 0.3) is 22.8 Å². The van der Waals surface area contributed by atoms with E-state index < -0.39 is 14.4 Å². The Balaban J connectivity index is 1.58. The number of carbonyl (C=O) groups excluding carboxylic acids is 1. The number of hydroxylamine groups is 2. The Morgan fingerprint density at radius 3 is 2.58 bits per heavy atom. The van der Waals surface area contributed by atoms with Crippen LogP contribution >= 0.6 is 11.6 Å². The molecule has 206 valence electrons. The molecule has 0 spiro atoms. The first-order chi connectivity index (χ1) is 17.8. The van der Waals surface area contributed by atoms with Gasteiger partial charge in [-0.25, -0.2) is 19.8 Å². The lowest BCUT2D eigenvalue weighted by atomic mass is 10.1. The molecular formula is C27H38ClN5O4Si. The van der Waals surface area contributed by atoms with Crippen molar-refractivity contribution in [1.82, 2.24) is 24.8 Å². The van der Waals surface area contributed by atoms with Crippen LogP contribution in [-0.4, -0.2) is 59.5 Å². The number of halogens is 1. The van der Waals surface area contributed by atoms with Crippen LogP contribution < -0.4 is 4.74 Å². The molecule has 1 aromatic carbocycles. The fourth-order valence-corrected chi connectivity index (χ4v) is 4.60. The summed E-state index contributed by atoms with van der Waals surface area (Å²) in [5.41, 5.74) is 3.21. The molecule has 38 heavy (non-hydrogen) atoms. The first-order valence-corrected chi connectivity index (χ1v) is 16.0. The topological polar surface area (TPSA) is 91.6 Å². The van der Waals surface area contributed by atoms with Crippen molar-refractivity contribution < 1.29 is 18.8 Å². The number of amides is 1. The van der Waals surface area contributed by atoms with Crippen LogP contribution in [0.5, 0.6) is 5.75 Å². The summed E-state index contributed by atoms with van der Waals surface area (Å²) in [6.45, 7) is 15.7. The number of carbonyl (C=O) groups is 1. The zero-order chi connectivity index (χ0) is 28.1. The summed E-state index contributed by atoms with van der Waals surface area (Å²) in [5, 5.41) is 5.93. The van der Waals surface area contributed by atoms with Crippen molar-refractivity contribution in [2.24, 2.45) is 0 Å². The van der Waals surface area contributed by atoms with Crippen molar-refractivity contribution in [2.75, 3.05) is 20.3 Å². The van der Waals surface area contributed by atoms with Crippen molar-refractivity contribution in [1.29, 1.82) is 0 Å². The van der Waals surface area contributed by atoms with E-state index in [1.54, 1.807) is 13.2 Å². The van der Waals surface area contributed by atoms with Crippen molar-refractivity contribution in [3.05, 3.63) is 47.2 Å². The van der Waals surface area contributed by atoms with E-state index in [0.29, 0.717) is 29.8 Å². The fourth-order valence-electron chi connectivity index (χ4n) is 3.39. The van der Waals surface area contributed by atoms with Gasteiger partial charge in [0.1, 0.15) is 10.9 Å². The highest BCUT2D eigenvalue weighted by molar-refractivity contribution is 6.74. The van der Waals surface area contributed by atoms with E-state index >= 15 is 0 Å². The van der Waals surface area contributed by atoms with Crippen LogP contribution in [0, 0.1) is 6.92 Å². The van der Waals surface area contributed by atoms with Crippen LogP contribution in [-0.2, 0) is 15.8 Å². The molecule has 3 aromatic rings. The third-order valence-corrected chi connectivity index (χ3v) is 11.4. The molecule has 0 unspecified atom stereocenters. The van der Waals surface area contributed by atoms with Crippen LogP contribution in [0.2, 0.25) is 23.3 Å². The first-order valence-electron chi connectivity index (χ1n) is 12.7. The van der Waals surface area contributed by atoms with Gasteiger partial charge in [-0.05, 0) is 50.2 Å². The highest BCUT2D eigenvalue weighted by atomic mass is 35.5. The molecule has 2 aromatic heterocycles. The third kappa shape index (κ3) is 7.12. The summed E-state index contributed by atoms with van der Waals surface area (Å²) < 4.78 is 19.1. The molecule has 0 saturated heterocycles. The SMILES string of the molecule is CCn1nccc1-c1nc(-c2cccc(OCCCOC(=O)N(C)O[Si](C)(C)C(C)(C)C)c2)nc(Cl)c1C. The highest BCUT2D eigenvalue weighted by Gasteiger charge is 2.40. The van der Waals surface area contributed by atoms with Crippen molar-refractivity contribution in [2.45, 2.75) is 65.7 Å². The Hall–Kier alpha value is -2.95. The maximum absolute atomic E-state index is 12.3. The molecule has 0 aliphatic rings. The average Bonchev–Trinajstić information content (AvgIpc) is 3.33. The second-order valence-electron chi connectivity index (χ2n) is 10.5. The van der Waals surface area contributed by atoms with Crippen LogP contribution in [0.15, 0.2) is 36.5 Å². The van der Waals surface area contributed by atoms with E-state index in [1.165, 1.54) is 5.06 Å². The largest absolute Gasteiger partial charge is 0.493 e. The lowest BCUT2D eigenvalue weighted by Crippen LogP contribution is -2.47. The molecule has 0 N–H and O–H groups in total. The van der Waals surface area contributed by atoms with Gasteiger partial charge >= 0.3 is 6.09 Å². The molecule has 0 aliphatic carbocycles. The number of aryl methyl sites for hydroxylation is 1. The molecule has 11 heteroatoms. The van der Waals surface area contributed by atoms with E-state index in [-0.39, 0.29) is 11.6 Å². The monoisotopic (exact) mass is 559 g/mol. The molecule has 0 radical (unpaired) electrons. The number of nitrogens with zero attached hydrogens (tertiary/aromatic N) is 5. The molecule has 2 heterocycles. The van der Waals surface area contributed by atoms with Gasteiger partial charge in [-0.15, -0.1) is 0 Å². The smallest absolute Gasteiger partial charge is 0.432 e. The minimum atomic E-state index is -2.12. The Kier molecular flexibility index (Phi) is 9.56. The lowest BCUT2D eigenvalue weighted by Gasteiger charge is -2.37. The van der Waals surface area contributed by atoms with Gasteiger partial charge in [-0.1, -0.05) is 44.5 Å². The maximum atomic E-state index is 12.3. The summed E-state index contributed by atoms with van der Waals surface area (Å²) in [4.78, 5) is 21.6. The standard InChI is InChI=1S/C27H38ClN5O4Si/c1-9-33-22(14-15-29-33)23-19(2)24(28)31-25(30-23)20-12-10-13-21(18-20)35-16-11-17-36-26(34)32(6)37-38(7,8)27(3,4)5/h10,12-15,18H,9,11,16-17H2,1-8H3. The minimum absolute atomic E-state index is 0.0154. The van der Waals surface area contributed by atoms with Crippen molar-refractivity contribution >= 4 is 26.0 Å². The number of benzene rings is 1. The number of aromatic nitrogens is 4. The van der Waals surface area contributed by atoms with Crippen LogP contribution in [0.4, 0.5) is 4.79 Å². The third-order valence-electron chi connectivity index (χ3n) is 6.65. The maximum Gasteiger partial charge on any atom is 0.432 e. The van der Waals surface area contributed by atoms with Gasteiger partial charge in [-0.3, -0.25) is 4.68 Å². The van der Waals surface area contributed by atoms with Crippen LogP contribution in [0.3, 0.4) is 0 Å². The molecule has 9 nitrogen and oxygen atoms in total. The van der Waals surface area contributed by atoms with Gasteiger partial charge in [0.25, 0.3) is 0 Å². The summed E-state index contributed by atoms with van der Waals surface area (Å²) in [7, 11) is -0.527. The van der Waals surface area contributed by atoms with Gasteiger partial charge < -0.3 is 14.0 Å². The Morgan fingerprint density at radius 1 is 1.16 bits per heavy atom. The van der Waals surface area contributed by atoms with E-state index in [1.807, 2.05) is 48.9 Å². The molecule has 1 amide bonds. The predicted molar refractivity (Wildman–Crippen MR) is 152 cm³/mol. The second kappa shape index (κ2) is 12.3. The minimum Gasteiger partial charge on any atom is -0.493 e. The van der Waals surface area contributed by atoms with Gasteiger partial charge in [-0.2, -0.15) is 5.10 Å². The zero-order valence-corrected chi connectivity index (χ0v) is 25.3. The number of hydrogen-bond donors (Lipinski definition) is 0. The van der Waals surface area contributed by atoms with E-state index in [2.05, 4.69) is 43.9 Å². The van der Waals surface area contributed by atoms with E-state index in [4.69, 9.17) is 30.6 Å². The quantitative estimate of drug-likeness (QED) is 0.117. The highest BCUT2D eigenvalue weighted by Crippen LogP contribution is 2.37. The van der Waals surface area contributed by atoms with E-state index in [0.717, 1.165) is 29.1 Å². The zero-order valence-electron chi connectivity index (χ0n) is 23.5. The van der Waals surface area contributed by atoms with E-state index in [9.17, 15) is 4.79 Å². The Labute approximate surface area is 231 Å². The number of rotatable bonds is 10. The summed E-state index contributed by atoms with van der Waals surface area (Å²) in [6.07, 6.45) is 1.77. The fraction of sp³-hybridized carbons (Fsp3) is 0.481. The van der Waals surface area contributed by atoms with Gasteiger partial charge in [0.15, 0.2) is 5.82 Å². The molecule has 0 bridgehead atoms. The number of ether oxygens (including phenoxy) is 2. The van der Waals surface area contributed by atoms with Gasteiger partial charge in [0, 0.05) is 37.3 Å². The Morgan fingerprint density at radius 2 is 1.89 bits per heavy atom. The second-order valence-corrected chi connectivity index (χ2v) is 15.6. The van der Waals surface area contributed by atoms with Crippen molar-refractivity contribution in [3.8, 4) is 28.5 Å². The molecule has 3 rings (SSSR count). The molecule has 0 aliphatic heterocycles. The summed E-state index contributed by atoms with van der Waals surface area (Å²) in [6, 6.07) is 9.44. The van der Waals surface area contributed by atoms with Crippen LogP contribution in [0.1, 0.15) is 39.7 Å². The number of hydrogen-bond acceptors (Lipinski definition) is 7. The normalized spacial score (nSPS) is 11.9. The Bertz CT molecular complexity index is 1260. The molecule has 0 saturated carbocycles. The van der Waals surface area contributed by atoms with Gasteiger partial charge in [0.2, 0.25) is 8.32 Å². The predicted octanol–water partition coefficient (Wildman–Crippen LogP) is 6.76. The summed E-state index contributed by atoms with van der Waals surface area (Å²) in [5.74, 6) is 1.16. The van der Waals surface area contributed by atoms with Gasteiger partial charge in [0.05, 0.1) is 24.6 Å². The van der Waals surface area contributed by atoms with Crippen molar-refractivity contribution in [3.63, 3.8) is 0 Å². The molecule has 0 atom stereocenters. The molecular weight excluding hydrogens is 522 g/mol. The molecule has 0 fully saturated rings. The lowest BCUT2D eigenvalue weighted by molar-refractivity contribution is -0.0404. The summed E-state index contributed by atoms with van der Waals surface area (Å²) >= 11 is 6.48. The first kappa shape index (κ1) is 29.6. The average molecular weight is 560 g/mol.